The van der Waals surface area contributed by atoms with E-state index in [4.69, 9.17) is 0 Å². The number of nitrogens with one attached hydrogen (secondary N) is 1. The standard InChI is InChI=1S/C14H11F2NO3S2/c1-20-14(19)13-10(4-5-21-13)17-12(18)7-22-11-3-2-8(15)6-9(11)16/h2-6H,7H2,1H3,(H,17,18). The van der Waals surface area contributed by atoms with Crippen molar-refractivity contribution in [2.75, 3.05) is 18.2 Å². The molecule has 0 saturated carbocycles. The van der Waals surface area contributed by atoms with Gasteiger partial charge in [0.15, 0.2) is 0 Å². The number of carbonyl (C=O) groups is 2. The number of halogens is 2. The van der Waals surface area contributed by atoms with Gasteiger partial charge in [0.1, 0.15) is 16.5 Å². The summed E-state index contributed by atoms with van der Waals surface area (Å²) >= 11 is 2.08. The Morgan fingerprint density at radius 2 is 2.09 bits per heavy atom. The molecule has 0 aliphatic carbocycles. The molecule has 0 unspecified atom stereocenters. The van der Waals surface area contributed by atoms with Crippen LogP contribution < -0.4 is 5.32 Å². The summed E-state index contributed by atoms with van der Waals surface area (Å²) < 4.78 is 30.8. The molecule has 2 rings (SSSR count). The zero-order chi connectivity index (χ0) is 16.1. The highest BCUT2D eigenvalue weighted by atomic mass is 32.2. The van der Waals surface area contributed by atoms with Crippen molar-refractivity contribution in [3.8, 4) is 0 Å². The quantitative estimate of drug-likeness (QED) is 0.666. The van der Waals surface area contributed by atoms with Gasteiger partial charge in [0.2, 0.25) is 5.91 Å². The van der Waals surface area contributed by atoms with Crippen LogP contribution in [0, 0.1) is 11.6 Å². The molecule has 1 N–H and O–H groups in total. The van der Waals surface area contributed by atoms with Crippen molar-refractivity contribution in [1.29, 1.82) is 0 Å². The number of hydrogen-bond donors (Lipinski definition) is 1. The molecular weight excluding hydrogens is 332 g/mol. The number of hydrogen-bond acceptors (Lipinski definition) is 5. The maximum Gasteiger partial charge on any atom is 0.350 e. The number of rotatable bonds is 5. The predicted octanol–water partition coefficient (Wildman–Crippen LogP) is 3.54. The van der Waals surface area contributed by atoms with E-state index in [1.54, 1.807) is 11.4 Å². The summed E-state index contributed by atoms with van der Waals surface area (Å²) in [6, 6.07) is 4.73. The molecule has 0 bridgehead atoms. The Balaban J connectivity index is 1.96. The lowest BCUT2D eigenvalue weighted by Crippen LogP contribution is -2.15. The van der Waals surface area contributed by atoms with Gasteiger partial charge >= 0.3 is 5.97 Å². The highest BCUT2D eigenvalue weighted by molar-refractivity contribution is 8.00. The second-order valence-electron chi connectivity index (χ2n) is 4.07. The summed E-state index contributed by atoms with van der Waals surface area (Å²) in [4.78, 5) is 23.8. The van der Waals surface area contributed by atoms with Crippen molar-refractivity contribution >= 4 is 40.7 Å². The van der Waals surface area contributed by atoms with Crippen LogP contribution >= 0.6 is 23.1 Å². The Labute approximate surface area is 133 Å². The lowest BCUT2D eigenvalue weighted by Gasteiger charge is -2.06. The lowest BCUT2D eigenvalue weighted by molar-refractivity contribution is -0.113. The van der Waals surface area contributed by atoms with Crippen LogP contribution in [0.3, 0.4) is 0 Å². The Morgan fingerprint density at radius 1 is 1.32 bits per heavy atom. The average molecular weight is 343 g/mol. The van der Waals surface area contributed by atoms with Crippen LogP contribution in [0.1, 0.15) is 9.67 Å². The van der Waals surface area contributed by atoms with Crippen molar-refractivity contribution in [3.63, 3.8) is 0 Å². The van der Waals surface area contributed by atoms with Crippen LogP contribution in [0.4, 0.5) is 14.5 Å². The maximum atomic E-state index is 13.4. The highest BCUT2D eigenvalue weighted by Gasteiger charge is 2.16. The molecule has 8 heteroatoms. The van der Waals surface area contributed by atoms with Crippen LogP contribution in [0.2, 0.25) is 0 Å². The summed E-state index contributed by atoms with van der Waals surface area (Å²) in [5.41, 5.74) is 0.349. The fourth-order valence-electron chi connectivity index (χ4n) is 1.58. The van der Waals surface area contributed by atoms with Gasteiger partial charge in [-0.3, -0.25) is 4.79 Å². The van der Waals surface area contributed by atoms with E-state index in [0.717, 1.165) is 35.2 Å². The largest absolute Gasteiger partial charge is 0.465 e. The van der Waals surface area contributed by atoms with Crippen LogP contribution in [0.5, 0.6) is 0 Å². The highest BCUT2D eigenvalue weighted by Crippen LogP contribution is 2.25. The zero-order valence-corrected chi connectivity index (χ0v) is 13.0. The lowest BCUT2D eigenvalue weighted by atomic mass is 10.3. The minimum absolute atomic E-state index is 0.0704. The van der Waals surface area contributed by atoms with E-state index in [-0.39, 0.29) is 15.5 Å². The molecule has 2 aromatic rings. The third-order valence-corrected chi connectivity index (χ3v) is 4.51. The number of methoxy groups -OCH3 is 1. The number of carbonyl (C=O) groups excluding carboxylic acids is 2. The van der Waals surface area contributed by atoms with E-state index in [1.807, 2.05) is 0 Å². The molecule has 0 fully saturated rings. The summed E-state index contributed by atoms with van der Waals surface area (Å²) in [5, 5.41) is 4.21. The number of anilines is 1. The van der Waals surface area contributed by atoms with Gasteiger partial charge in [-0.15, -0.1) is 23.1 Å². The first-order valence-electron chi connectivity index (χ1n) is 6.04. The second kappa shape index (κ2) is 7.37. The van der Waals surface area contributed by atoms with Crippen molar-refractivity contribution in [1.82, 2.24) is 0 Å². The number of benzene rings is 1. The molecule has 1 aromatic heterocycles. The van der Waals surface area contributed by atoms with Crippen LogP contribution in [0.15, 0.2) is 34.5 Å². The minimum Gasteiger partial charge on any atom is -0.465 e. The van der Waals surface area contributed by atoms with Crippen LogP contribution in [0.25, 0.3) is 0 Å². The molecule has 116 valence electrons. The van der Waals surface area contributed by atoms with Gasteiger partial charge in [-0.2, -0.15) is 0 Å². The van der Waals surface area contributed by atoms with Crippen molar-refractivity contribution in [2.24, 2.45) is 0 Å². The van der Waals surface area contributed by atoms with E-state index in [0.29, 0.717) is 5.69 Å². The number of esters is 1. The second-order valence-corrected chi connectivity index (χ2v) is 6.00. The summed E-state index contributed by atoms with van der Waals surface area (Å²) in [7, 11) is 1.25. The fourth-order valence-corrected chi connectivity index (χ4v) is 3.07. The Morgan fingerprint density at radius 3 is 2.77 bits per heavy atom. The third kappa shape index (κ3) is 4.05. The average Bonchev–Trinajstić information content (AvgIpc) is 2.93. The molecule has 22 heavy (non-hydrogen) atoms. The first-order chi connectivity index (χ1) is 10.5. The van der Waals surface area contributed by atoms with E-state index in [2.05, 4.69) is 10.1 Å². The minimum atomic E-state index is -0.719. The SMILES string of the molecule is COC(=O)c1sccc1NC(=O)CSc1ccc(F)cc1F. The molecule has 0 aliphatic heterocycles. The van der Waals surface area contributed by atoms with Crippen LogP contribution in [-0.2, 0) is 9.53 Å². The Hall–Kier alpha value is -1.93. The van der Waals surface area contributed by atoms with E-state index in [1.165, 1.54) is 13.2 Å². The normalized spacial score (nSPS) is 10.3. The zero-order valence-electron chi connectivity index (χ0n) is 11.4. The van der Waals surface area contributed by atoms with Gasteiger partial charge in [-0.1, -0.05) is 0 Å². The summed E-state index contributed by atoms with van der Waals surface area (Å²) in [5.74, 6) is -2.41. The number of ether oxygens (including phenoxy) is 1. The number of thiophene rings is 1. The molecule has 0 saturated heterocycles. The van der Waals surface area contributed by atoms with Crippen molar-refractivity contribution in [2.45, 2.75) is 4.90 Å². The van der Waals surface area contributed by atoms with Gasteiger partial charge in [-0.25, -0.2) is 13.6 Å². The third-order valence-electron chi connectivity index (χ3n) is 2.56. The molecule has 4 nitrogen and oxygen atoms in total. The molecule has 1 aromatic carbocycles. The summed E-state index contributed by atoms with van der Waals surface area (Å²) in [6.07, 6.45) is 0. The molecule has 0 aliphatic rings. The van der Waals surface area contributed by atoms with Gasteiger partial charge < -0.3 is 10.1 Å². The molecule has 0 radical (unpaired) electrons. The molecule has 1 heterocycles. The van der Waals surface area contributed by atoms with Gasteiger partial charge in [0.25, 0.3) is 0 Å². The van der Waals surface area contributed by atoms with E-state index >= 15 is 0 Å². The molecule has 0 spiro atoms. The maximum absolute atomic E-state index is 13.4. The predicted molar refractivity (Wildman–Crippen MR) is 81.4 cm³/mol. The molecular formula is C14H11F2NO3S2. The smallest absolute Gasteiger partial charge is 0.350 e. The van der Waals surface area contributed by atoms with Gasteiger partial charge in [-0.05, 0) is 23.6 Å². The van der Waals surface area contributed by atoms with E-state index < -0.39 is 23.5 Å². The first kappa shape index (κ1) is 16.4. The van der Waals surface area contributed by atoms with E-state index in [9.17, 15) is 18.4 Å². The molecule has 1 amide bonds. The Bertz CT molecular complexity index is 703. The Kier molecular flexibility index (Phi) is 5.51. The van der Waals surface area contributed by atoms with Crippen molar-refractivity contribution < 1.29 is 23.1 Å². The van der Waals surface area contributed by atoms with Crippen LogP contribution in [-0.4, -0.2) is 24.7 Å². The number of amides is 1. The van der Waals surface area contributed by atoms with Gasteiger partial charge in [0, 0.05) is 11.0 Å². The fraction of sp³-hybridized carbons (Fsp3) is 0.143. The topological polar surface area (TPSA) is 55.4 Å². The van der Waals surface area contributed by atoms with Crippen molar-refractivity contribution in [3.05, 3.63) is 46.2 Å². The molecule has 0 atom stereocenters. The monoisotopic (exact) mass is 343 g/mol. The first-order valence-corrected chi connectivity index (χ1v) is 7.91. The number of thioether (sulfide) groups is 1. The van der Waals surface area contributed by atoms with Gasteiger partial charge in [0.05, 0.1) is 18.6 Å². The summed E-state index contributed by atoms with van der Waals surface area (Å²) in [6.45, 7) is 0.